The lowest BCUT2D eigenvalue weighted by Crippen LogP contribution is -2.34. The molecule has 2 aromatic carbocycles. The molecule has 3 rings (SSSR count). The second kappa shape index (κ2) is 7.44. The van der Waals surface area contributed by atoms with E-state index in [9.17, 15) is 8.42 Å². The van der Waals surface area contributed by atoms with Gasteiger partial charge in [0.1, 0.15) is 0 Å². The predicted molar refractivity (Wildman–Crippen MR) is 98.3 cm³/mol. The highest BCUT2D eigenvalue weighted by Crippen LogP contribution is 2.30. The van der Waals surface area contributed by atoms with Crippen molar-refractivity contribution in [3.63, 3.8) is 0 Å². The molecule has 1 saturated heterocycles. The molecule has 2 aromatic rings. The monoisotopic (exact) mass is 383 g/mol. The van der Waals surface area contributed by atoms with Gasteiger partial charge in [0.05, 0.1) is 4.90 Å². The summed E-state index contributed by atoms with van der Waals surface area (Å²) in [6.07, 6.45) is 2.85. The summed E-state index contributed by atoms with van der Waals surface area (Å²) in [5.74, 6) is 0.179. The number of benzene rings is 2. The van der Waals surface area contributed by atoms with Crippen LogP contribution in [-0.4, -0.2) is 25.8 Å². The molecule has 1 heterocycles. The van der Waals surface area contributed by atoms with Gasteiger partial charge >= 0.3 is 0 Å². The van der Waals surface area contributed by atoms with Crippen LogP contribution in [0.4, 0.5) is 0 Å². The normalized spacial score (nSPS) is 19.8. The van der Waals surface area contributed by atoms with Gasteiger partial charge in [-0.15, -0.1) is 0 Å². The highest BCUT2D eigenvalue weighted by atomic mass is 35.5. The van der Waals surface area contributed by atoms with E-state index in [1.165, 1.54) is 6.07 Å². The van der Waals surface area contributed by atoms with E-state index in [-0.39, 0.29) is 10.8 Å². The van der Waals surface area contributed by atoms with Crippen molar-refractivity contribution < 1.29 is 8.42 Å². The fourth-order valence-corrected chi connectivity index (χ4v) is 5.06. The SMILES string of the molecule is O=S(=O)(c1cccc(Cl)c1)N1CCCCC(c2ccc(Cl)cc2)C1. The zero-order chi connectivity index (χ0) is 17.2. The Morgan fingerprint density at radius 1 is 0.958 bits per heavy atom. The molecular weight excluding hydrogens is 365 g/mol. The lowest BCUT2D eigenvalue weighted by molar-refractivity contribution is 0.406. The average Bonchev–Trinajstić information content (AvgIpc) is 2.82. The molecule has 0 bridgehead atoms. The number of halogens is 2. The number of nitrogens with zero attached hydrogens (tertiary/aromatic N) is 1. The molecule has 24 heavy (non-hydrogen) atoms. The van der Waals surface area contributed by atoms with Gasteiger partial charge in [-0.05, 0) is 54.7 Å². The lowest BCUT2D eigenvalue weighted by atomic mass is 9.95. The summed E-state index contributed by atoms with van der Waals surface area (Å²) in [5.41, 5.74) is 1.13. The molecule has 128 valence electrons. The van der Waals surface area contributed by atoms with Gasteiger partial charge in [0, 0.05) is 23.1 Å². The first-order chi connectivity index (χ1) is 11.5. The molecule has 1 fully saturated rings. The zero-order valence-electron chi connectivity index (χ0n) is 13.2. The molecule has 0 N–H and O–H groups in total. The predicted octanol–water partition coefficient (Wildman–Crippen LogP) is 4.95. The molecule has 0 aromatic heterocycles. The van der Waals surface area contributed by atoms with E-state index in [4.69, 9.17) is 23.2 Å². The number of sulfonamides is 1. The minimum atomic E-state index is -3.53. The van der Waals surface area contributed by atoms with Crippen molar-refractivity contribution in [3.05, 3.63) is 64.1 Å². The maximum Gasteiger partial charge on any atom is 0.243 e. The topological polar surface area (TPSA) is 37.4 Å². The van der Waals surface area contributed by atoms with Crippen molar-refractivity contribution in [3.8, 4) is 0 Å². The van der Waals surface area contributed by atoms with Crippen LogP contribution in [0.1, 0.15) is 30.7 Å². The van der Waals surface area contributed by atoms with Gasteiger partial charge < -0.3 is 0 Å². The minimum Gasteiger partial charge on any atom is -0.207 e. The molecule has 1 unspecified atom stereocenters. The third-order valence-electron chi connectivity index (χ3n) is 4.41. The summed E-state index contributed by atoms with van der Waals surface area (Å²) in [4.78, 5) is 0.256. The molecule has 0 spiro atoms. The number of hydrogen-bond acceptors (Lipinski definition) is 2. The first kappa shape index (κ1) is 17.7. The van der Waals surface area contributed by atoms with Gasteiger partial charge in [0.25, 0.3) is 0 Å². The summed E-state index contributed by atoms with van der Waals surface area (Å²) in [6.45, 7) is 1.02. The number of rotatable bonds is 3. The van der Waals surface area contributed by atoms with E-state index >= 15 is 0 Å². The number of hydrogen-bond donors (Lipinski definition) is 0. The molecule has 0 aliphatic carbocycles. The fraction of sp³-hybridized carbons (Fsp3) is 0.333. The Balaban J connectivity index is 1.88. The van der Waals surface area contributed by atoms with E-state index in [0.29, 0.717) is 23.1 Å². The Kier molecular flexibility index (Phi) is 5.50. The Morgan fingerprint density at radius 2 is 1.71 bits per heavy atom. The van der Waals surface area contributed by atoms with Gasteiger partial charge in [-0.25, -0.2) is 8.42 Å². The summed E-state index contributed by atoms with van der Waals surface area (Å²) in [5, 5.41) is 1.12. The van der Waals surface area contributed by atoms with E-state index in [1.807, 2.05) is 24.3 Å². The smallest absolute Gasteiger partial charge is 0.207 e. The van der Waals surface area contributed by atoms with Crippen LogP contribution < -0.4 is 0 Å². The molecular formula is C18H19Cl2NO2S. The molecule has 0 amide bonds. The second-order valence-corrected chi connectivity index (χ2v) is 8.88. The highest BCUT2D eigenvalue weighted by Gasteiger charge is 2.29. The Bertz CT molecular complexity index is 806. The largest absolute Gasteiger partial charge is 0.243 e. The van der Waals surface area contributed by atoms with Gasteiger partial charge in [-0.2, -0.15) is 4.31 Å². The minimum absolute atomic E-state index is 0.179. The van der Waals surface area contributed by atoms with Crippen LogP contribution in [0.2, 0.25) is 10.0 Å². The standard InChI is InChI=1S/C18H19Cl2NO2S/c19-16-9-7-14(8-10-16)15-4-1-2-11-21(13-15)24(22,23)18-6-3-5-17(20)12-18/h3,5-10,12,15H,1-2,4,11,13H2. The molecule has 3 nitrogen and oxygen atoms in total. The summed E-state index contributed by atoms with van der Waals surface area (Å²) < 4.78 is 27.5. The maximum atomic E-state index is 13.0. The zero-order valence-corrected chi connectivity index (χ0v) is 15.5. The second-order valence-electron chi connectivity index (χ2n) is 6.06. The Morgan fingerprint density at radius 3 is 2.42 bits per heavy atom. The van der Waals surface area contributed by atoms with Crippen molar-refractivity contribution in [2.24, 2.45) is 0 Å². The van der Waals surface area contributed by atoms with Crippen LogP contribution in [-0.2, 0) is 10.0 Å². The molecule has 1 aliphatic rings. The first-order valence-electron chi connectivity index (χ1n) is 7.98. The van der Waals surface area contributed by atoms with Crippen molar-refractivity contribution in [2.45, 2.75) is 30.1 Å². The van der Waals surface area contributed by atoms with Crippen molar-refractivity contribution in [2.75, 3.05) is 13.1 Å². The third kappa shape index (κ3) is 3.94. The molecule has 0 radical (unpaired) electrons. The third-order valence-corrected chi connectivity index (χ3v) is 6.76. The van der Waals surface area contributed by atoms with Gasteiger partial charge in [0.15, 0.2) is 0 Å². The molecule has 0 saturated carbocycles. The maximum absolute atomic E-state index is 13.0. The van der Waals surface area contributed by atoms with E-state index in [1.54, 1.807) is 22.5 Å². The Labute approximate surface area is 153 Å². The first-order valence-corrected chi connectivity index (χ1v) is 10.2. The molecule has 1 atom stereocenters. The van der Waals surface area contributed by atoms with Crippen molar-refractivity contribution in [1.29, 1.82) is 0 Å². The summed E-state index contributed by atoms with van der Waals surface area (Å²) >= 11 is 11.9. The van der Waals surface area contributed by atoms with Crippen LogP contribution in [0.15, 0.2) is 53.4 Å². The fourth-order valence-electron chi connectivity index (χ4n) is 3.11. The Hall–Kier alpha value is -1.07. The van der Waals surface area contributed by atoms with Crippen LogP contribution in [0.25, 0.3) is 0 Å². The summed E-state index contributed by atoms with van der Waals surface area (Å²) in [7, 11) is -3.53. The lowest BCUT2D eigenvalue weighted by Gasteiger charge is -2.24. The quantitative estimate of drug-likeness (QED) is 0.751. The summed E-state index contributed by atoms with van der Waals surface area (Å²) in [6, 6.07) is 14.2. The van der Waals surface area contributed by atoms with Crippen molar-refractivity contribution in [1.82, 2.24) is 4.31 Å². The van der Waals surface area contributed by atoms with Gasteiger partial charge in [0.2, 0.25) is 10.0 Å². The van der Waals surface area contributed by atoms with Gasteiger partial charge in [-0.1, -0.05) is 47.8 Å². The van der Waals surface area contributed by atoms with E-state index in [0.717, 1.165) is 24.8 Å². The van der Waals surface area contributed by atoms with Crippen molar-refractivity contribution >= 4 is 33.2 Å². The van der Waals surface area contributed by atoms with Crippen LogP contribution in [0.5, 0.6) is 0 Å². The van der Waals surface area contributed by atoms with Gasteiger partial charge in [-0.3, -0.25) is 0 Å². The van der Waals surface area contributed by atoms with E-state index in [2.05, 4.69) is 0 Å². The van der Waals surface area contributed by atoms with E-state index < -0.39 is 10.0 Å². The average molecular weight is 384 g/mol. The molecule has 6 heteroatoms. The van der Waals surface area contributed by atoms with Crippen LogP contribution >= 0.6 is 23.2 Å². The van der Waals surface area contributed by atoms with Crippen LogP contribution in [0.3, 0.4) is 0 Å². The van der Waals surface area contributed by atoms with Crippen LogP contribution in [0, 0.1) is 0 Å². The molecule has 1 aliphatic heterocycles. The highest BCUT2D eigenvalue weighted by molar-refractivity contribution is 7.89.